The summed E-state index contributed by atoms with van der Waals surface area (Å²) in [5.74, 6) is 1.04. The normalized spacial score (nSPS) is 10.9. The minimum atomic E-state index is 0.960. The number of imidazole rings is 1. The predicted octanol–water partition coefficient (Wildman–Crippen LogP) is 7.45. The number of aromatic nitrogens is 2. The van der Waals surface area contributed by atoms with Crippen LogP contribution in [0.15, 0.2) is 91.0 Å². The molecule has 0 fully saturated rings. The largest absolute Gasteiger partial charge is 0.323 e. The standard InChI is InChI=1S/C26H25BrN2/c27-19-11-4-12-20-29-25(22-15-7-2-8-16-22)24(21-13-5-1-6-14-21)28-26(29)23-17-9-3-10-18-23/h1-3,5-10,13-18H,4,11-12,19-20H2. The lowest BCUT2D eigenvalue weighted by Crippen LogP contribution is -2.03. The monoisotopic (exact) mass is 444 g/mol. The highest BCUT2D eigenvalue weighted by atomic mass is 79.9. The zero-order valence-electron chi connectivity index (χ0n) is 16.5. The average molecular weight is 445 g/mol. The molecule has 1 aromatic heterocycles. The van der Waals surface area contributed by atoms with E-state index in [9.17, 15) is 0 Å². The number of hydrogen-bond acceptors (Lipinski definition) is 1. The van der Waals surface area contributed by atoms with Gasteiger partial charge in [0.05, 0.1) is 11.4 Å². The topological polar surface area (TPSA) is 17.8 Å². The van der Waals surface area contributed by atoms with Crippen LogP contribution in [0, 0.1) is 0 Å². The van der Waals surface area contributed by atoms with Gasteiger partial charge in [0.15, 0.2) is 0 Å². The smallest absolute Gasteiger partial charge is 0.141 e. The summed E-state index contributed by atoms with van der Waals surface area (Å²) in [5.41, 5.74) is 5.78. The molecule has 0 saturated carbocycles. The van der Waals surface area contributed by atoms with Crippen LogP contribution in [0.4, 0.5) is 0 Å². The molecule has 0 bridgehead atoms. The summed E-state index contributed by atoms with van der Waals surface area (Å²) in [6.07, 6.45) is 3.53. The van der Waals surface area contributed by atoms with E-state index in [0.29, 0.717) is 0 Å². The SMILES string of the molecule is BrCCCCCn1c(-c2ccccc2)nc(-c2ccccc2)c1-c1ccccc1. The average Bonchev–Trinajstić information content (AvgIpc) is 3.18. The fourth-order valence-corrected chi connectivity index (χ4v) is 4.10. The summed E-state index contributed by atoms with van der Waals surface area (Å²) < 4.78 is 2.42. The number of unbranched alkanes of at least 4 members (excludes halogenated alkanes) is 2. The Kier molecular flexibility index (Phi) is 6.58. The fourth-order valence-electron chi connectivity index (χ4n) is 3.71. The highest BCUT2D eigenvalue weighted by Gasteiger charge is 2.20. The van der Waals surface area contributed by atoms with Crippen LogP contribution in [-0.2, 0) is 6.54 Å². The fraction of sp³-hybridized carbons (Fsp3) is 0.192. The molecule has 146 valence electrons. The minimum Gasteiger partial charge on any atom is -0.323 e. The highest BCUT2D eigenvalue weighted by Crippen LogP contribution is 2.36. The van der Waals surface area contributed by atoms with E-state index in [1.807, 2.05) is 0 Å². The van der Waals surface area contributed by atoms with E-state index in [1.54, 1.807) is 0 Å². The Morgan fingerprint density at radius 3 is 1.76 bits per heavy atom. The summed E-state index contributed by atoms with van der Waals surface area (Å²) in [7, 11) is 0. The molecule has 2 nitrogen and oxygen atoms in total. The Morgan fingerprint density at radius 1 is 0.621 bits per heavy atom. The van der Waals surface area contributed by atoms with Gasteiger partial charge in [-0.05, 0) is 12.8 Å². The van der Waals surface area contributed by atoms with Crippen LogP contribution in [0.1, 0.15) is 19.3 Å². The molecule has 0 unspecified atom stereocenters. The predicted molar refractivity (Wildman–Crippen MR) is 126 cm³/mol. The van der Waals surface area contributed by atoms with Crippen molar-refractivity contribution in [3.8, 4) is 33.9 Å². The van der Waals surface area contributed by atoms with Gasteiger partial charge in [0.1, 0.15) is 5.82 Å². The van der Waals surface area contributed by atoms with Gasteiger partial charge in [-0.2, -0.15) is 0 Å². The maximum Gasteiger partial charge on any atom is 0.141 e. The summed E-state index contributed by atoms with van der Waals surface area (Å²) in [4.78, 5) is 5.18. The molecule has 0 N–H and O–H groups in total. The van der Waals surface area contributed by atoms with Crippen molar-refractivity contribution in [3.05, 3.63) is 91.0 Å². The Bertz CT molecular complexity index is 1020. The van der Waals surface area contributed by atoms with Gasteiger partial charge in [-0.3, -0.25) is 0 Å². The third-order valence-corrected chi connectivity index (χ3v) is 5.67. The molecular weight excluding hydrogens is 420 g/mol. The third kappa shape index (κ3) is 4.51. The molecular formula is C26H25BrN2. The van der Waals surface area contributed by atoms with Crippen LogP contribution in [0.5, 0.6) is 0 Å². The molecule has 0 atom stereocenters. The lowest BCUT2D eigenvalue weighted by atomic mass is 10.0. The molecule has 4 rings (SSSR count). The van der Waals surface area contributed by atoms with E-state index in [-0.39, 0.29) is 0 Å². The number of rotatable bonds is 8. The first-order valence-corrected chi connectivity index (χ1v) is 11.3. The van der Waals surface area contributed by atoms with Crippen molar-refractivity contribution < 1.29 is 0 Å². The Hall–Kier alpha value is -2.65. The van der Waals surface area contributed by atoms with Crippen LogP contribution >= 0.6 is 15.9 Å². The van der Waals surface area contributed by atoms with Crippen molar-refractivity contribution >= 4 is 15.9 Å². The minimum absolute atomic E-state index is 0.960. The maximum atomic E-state index is 5.18. The summed E-state index contributed by atoms with van der Waals surface area (Å²) in [6, 6.07) is 31.7. The first-order valence-electron chi connectivity index (χ1n) is 10.2. The van der Waals surface area contributed by atoms with Gasteiger partial charge < -0.3 is 4.57 Å². The Labute approximate surface area is 181 Å². The van der Waals surface area contributed by atoms with E-state index >= 15 is 0 Å². The van der Waals surface area contributed by atoms with Gasteiger partial charge in [-0.25, -0.2) is 4.98 Å². The van der Waals surface area contributed by atoms with Gasteiger partial charge in [0.25, 0.3) is 0 Å². The molecule has 1 heterocycles. The molecule has 0 radical (unpaired) electrons. The lowest BCUT2D eigenvalue weighted by Gasteiger charge is -2.13. The van der Waals surface area contributed by atoms with Crippen LogP contribution in [0.25, 0.3) is 33.9 Å². The van der Waals surface area contributed by atoms with E-state index in [2.05, 4.69) is 111 Å². The number of benzene rings is 3. The first-order chi connectivity index (χ1) is 14.4. The Morgan fingerprint density at radius 2 is 1.17 bits per heavy atom. The third-order valence-electron chi connectivity index (χ3n) is 5.11. The number of alkyl halides is 1. The summed E-state index contributed by atoms with van der Waals surface area (Å²) >= 11 is 3.55. The number of hydrogen-bond donors (Lipinski definition) is 0. The van der Waals surface area contributed by atoms with Crippen molar-refractivity contribution in [2.45, 2.75) is 25.8 Å². The zero-order valence-corrected chi connectivity index (χ0v) is 18.1. The van der Waals surface area contributed by atoms with Gasteiger partial charge in [0, 0.05) is 28.6 Å². The highest BCUT2D eigenvalue weighted by molar-refractivity contribution is 9.09. The van der Waals surface area contributed by atoms with Crippen molar-refractivity contribution in [1.82, 2.24) is 9.55 Å². The Balaban J connectivity index is 1.90. The van der Waals surface area contributed by atoms with E-state index in [0.717, 1.165) is 40.9 Å². The van der Waals surface area contributed by atoms with Gasteiger partial charge in [-0.15, -0.1) is 0 Å². The molecule has 0 aliphatic heterocycles. The molecule has 0 spiro atoms. The van der Waals surface area contributed by atoms with Crippen LogP contribution < -0.4 is 0 Å². The van der Waals surface area contributed by atoms with Crippen molar-refractivity contribution in [2.24, 2.45) is 0 Å². The second-order valence-electron chi connectivity index (χ2n) is 7.13. The molecule has 0 aliphatic carbocycles. The molecule has 0 amide bonds. The summed E-state index contributed by atoms with van der Waals surface area (Å²) in [5, 5.41) is 1.06. The maximum absolute atomic E-state index is 5.18. The van der Waals surface area contributed by atoms with E-state index < -0.39 is 0 Å². The summed E-state index contributed by atoms with van der Waals surface area (Å²) in [6.45, 7) is 0.960. The van der Waals surface area contributed by atoms with Crippen LogP contribution in [0.2, 0.25) is 0 Å². The number of nitrogens with zero attached hydrogens (tertiary/aromatic N) is 2. The second kappa shape index (κ2) is 9.71. The molecule has 0 saturated heterocycles. The molecule has 4 aromatic rings. The van der Waals surface area contributed by atoms with Gasteiger partial charge in [-0.1, -0.05) is 113 Å². The number of halogens is 1. The zero-order chi connectivity index (χ0) is 19.9. The molecule has 0 aliphatic rings. The molecule has 29 heavy (non-hydrogen) atoms. The molecule has 3 heteroatoms. The van der Waals surface area contributed by atoms with Crippen LogP contribution in [0.3, 0.4) is 0 Å². The van der Waals surface area contributed by atoms with Crippen molar-refractivity contribution in [2.75, 3.05) is 5.33 Å². The van der Waals surface area contributed by atoms with Gasteiger partial charge in [0.2, 0.25) is 0 Å². The second-order valence-corrected chi connectivity index (χ2v) is 7.92. The van der Waals surface area contributed by atoms with Crippen LogP contribution in [-0.4, -0.2) is 14.9 Å². The van der Waals surface area contributed by atoms with Gasteiger partial charge >= 0.3 is 0 Å². The van der Waals surface area contributed by atoms with E-state index in [4.69, 9.17) is 4.98 Å². The quantitative estimate of drug-likeness (QED) is 0.203. The molecule has 3 aromatic carbocycles. The lowest BCUT2D eigenvalue weighted by molar-refractivity contribution is 0.613. The first kappa shape index (κ1) is 19.7. The van der Waals surface area contributed by atoms with E-state index in [1.165, 1.54) is 24.1 Å². The van der Waals surface area contributed by atoms with Crippen molar-refractivity contribution in [3.63, 3.8) is 0 Å². The van der Waals surface area contributed by atoms with Crippen molar-refractivity contribution in [1.29, 1.82) is 0 Å².